The molecule has 4 nitrogen and oxygen atoms in total. The van der Waals surface area contributed by atoms with Gasteiger partial charge in [0.25, 0.3) is 0 Å². The van der Waals surface area contributed by atoms with E-state index in [0.29, 0.717) is 17.1 Å². The zero-order valence-electron chi connectivity index (χ0n) is 14.1. The van der Waals surface area contributed by atoms with Gasteiger partial charge in [0.15, 0.2) is 0 Å². The molecular weight excluding hydrogens is 324 g/mol. The second-order valence-electron chi connectivity index (χ2n) is 6.02. The van der Waals surface area contributed by atoms with Gasteiger partial charge in [-0.25, -0.2) is 0 Å². The van der Waals surface area contributed by atoms with Crippen LogP contribution in [0.15, 0.2) is 84.9 Å². The third-order valence-electron chi connectivity index (χ3n) is 3.99. The van der Waals surface area contributed by atoms with Gasteiger partial charge in [0, 0.05) is 17.4 Å². The topological polar surface area (TPSA) is 70.5 Å². The van der Waals surface area contributed by atoms with Gasteiger partial charge in [0.05, 0.1) is 0 Å². The van der Waals surface area contributed by atoms with Gasteiger partial charge in [-0.05, 0) is 71.4 Å². The number of nitrogens with two attached hydrogens (primary N) is 2. The fourth-order valence-corrected chi connectivity index (χ4v) is 2.72. The Balaban J connectivity index is 1.61. The highest BCUT2D eigenvalue weighted by atomic mass is 16.5. The smallest absolute Gasteiger partial charge is 0.129 e. The Morgan fingerprint density at radius 3 is 1.69 bits per heavy atom. The Kier molecular flexibility index (Phi) is 4.07. The summed E-state index contributed by atoms with van der Waals surface area (Å²) >= 11 is 0. The number of nitrogen functional groups attached to an aromatic ring is 2. The minimum atomic E-state index is 0.669. The molecule has 0 saturated carbocycles. The maximum absolute atomic E-state index is 5.90. The summed E-state index contributed by atoms with van der Waals surface area (Å²) in [6.45, 7) is 0. The van der Waals surface area contributed by atoms with Crippen molar-refractivity contribution in [1.82, 2.24) is 0 Å². The number of ether oxygens (including phenoxy) is 2. The molecule has 0 atom stereocenters. The summed E-state index contributed by atoms with van der Waals surface area (Å²) in [6.07, 6.45) is 0. The molecule has 0 aliphatic heterocycles. The molecule has 0 radical (unpaired) electrons. The summed E-state index contributed by atoms with van der Waals surface area (Å²) in [4.78, 5) is 0. The zero-order valence-corrected chi connectivity index (χ0v) is 14.1. The summed E-state index contributed by atoms with van der Waals surface area (Å²) in [7, 11) is 0. The highest BCUT2D eigenvalue weighted by molar-refractivity contribution is 5.85. The van der Waals surface area contributed by atoms with E-state index in [-0.39, 0.29) is 0 Å². The Labute approximate surface area is 151 Å². The molecule has 26 heavy (non-hydrogen) atoms. The summed E-state index contributed by atoms with van der Waals surface area (Å²) in [5.41, 5.74) is 12.9. The van der Waals surface area contributed by atoms with Gasteiger partial charge in [0.2, 0.25) is 0 Å². The third kappa shape index (κ3) is 3.54. The number of anilines is 2. The van der Waals surface area contributed by atoms with Gasteiger partial charge in [-0.2, -0.15) is 0 Å². The molecule has 0 amide bonds. The molecule has 0 bridgehead atoms. The van der Waals surface area contributed by atoms with E-state index in [1.54, 1.807) is 6.07 Å². The lowest BCUT2D eigenvalue weighted by molar-refractivity contribution is 0.482. The van der Waals surface area contributed by atoms with Crippen LogP contribution in [-0.4, -0.2) is 0 Å². The SMILES string of the molecule is Nc1ccc(Oc2ccc3ccc(Oc4cccc(N)c4)cc3c2)cc1. The van der Waals surface area contributed by atoms with Crippen molar-refractivity contribution in [1.29, 1.82) is 0 Å². The van der Waals surface area contributed by atoms with Crippen LogP contribution in [0.3, 0.4) is 0 Å². The number of hydrogen-bond donors (Lipinski definition) is 2. The first-order chi connectivity index (χ1) is 12.7. The van der Waals surface area contributed by atoms with Gasteiger partial charge in [0.1, 0.15) is 23.0 Å². The summed E-state index contributed by atoms with van der Waals surface area (Å²) < 4.78 is 11.8. The van der Waals surface area contributed by atoms with Crippen molar-refractivity contribution in [3.05, 3.63) is 84.9 Å². The summed E-state index contributed by atoms with van der Waals surface area (Å²) in [5, 5.41) is 2.13. The van der Waals surface area contributed by atoms with Gasteiger partial charge < -0.3 is 20.9 Å². The molecule has 0 aliphatic carbocycles. The molecule has 0 heterocycles. The average molecular weight is 342 g/mol. The highest BCUT2D eigenvalue weighted by Crippen LogP contribution is 2.30. The fraction of sp³-hybridized carbons (Fsp3) is 0. The Hall–Kier alpha value is -3.66. The van der Waals surface area contributed by atoms with Crippen LogP contribution in [0.4, 0.5) is 11.4 Å². The van der Waals surface area contributed by atoms with E-state index in [2.05, 4.69) is 0 Å². The molecule has 0 unspecified atom stereocenters. The van der Waals surface area contributed by atoms with Crippen molar-refractivity contribution >= 4 is 22.1 Å². The lowest BCUT2D eigenvalue weighted by Crippen LogP contribution is -1.88. The van der Waals surface area contributed by atoms with Gasteiger partial charge in [-0.3, -0.25) is 0 Å². The monoisotopic (exact) mass is 342 g/mol. The minimum Gasteiger partial charge on any atom is -0.457 e. The molecule has 128 valence electrons. The lowest BCUT2D eigenvalue weighted by Gasteiger charge is -2.10. The number of rotatable bonds is 4. The van der Waals surface area contributed by atoms with Gasteiger partial charge in [-0.15, -0.1) is 0 Å². The van der Waals surface area contributed by atoms with Crippen molar-refractivity contribution < 1.29 is 9.47 Å². The molecular formula is C22H18N2O2. The van der Waals surface area contributed by atoms with E-state index in [0.717, 1.165) is 28.0 Å². The Bertz CT molecular complexity index is 1060. The lowest BCUT2D eigenvalue weighted by atomic mass is 10.1. The predicted molar refractivity (Wildman–Crippen MR) is 106 cm³/mol. The fourth-order valence-electron chi connectivity index (χ4n) is 2.72. The normalized spacial score (nSPS) is 10.6. The maximum atomic E-state index is 5.90. The van der Waals surface area contributed by atoms with E-state index in [9.17, 15) is 0 Å². The van der Waals surface area contributed by atoms with Crippen LogP contribution in [0.5, 0.6) is 23.0 Å². The van der Waals surface area contributed by atoms with Crippen LogP contribution in [0.2, 0.25) is 0 Å². The molecule has 0 aromatic heterocycles. The zero-order chi connectivity index (χ0) is 17.9. The Morgan fingerprint density at radius 1 is 0.462 bits per heavy atom. The molecule has 0 fully saturated rings. The standard InChI is InChI=1S/C22H18N2O2/c23-17-6-10-19(11-7-17)25-21-8-4-15-5-9-22(13-16(15)12-21)26-20-3-1-2-18(24)14-20/h1-14H,23-24H2. The van der Waals surface area contributed by atoms with Crippen LogP contribution in [0, 0.1) is 0 Å². The molecule has 4 rings (SSSR count). The molecule has 4 heteroatoms. The molecule has 4 N–H and O–H groups in total. The van der Waals surface area contributed by atoms with E-state index in [4.69, 9.17) is 20.9 Å². The first-order valence-corrected chi connectivity index (χ1v) is 8.26. The second kappa shape index (κ2) is 6.69. The first-order valence-electron chi connectivity index (χ1n) is 8.26. The van der Waals surface area contributed by atoms with Crippen LogP contribution < -0.4 is 20.9 Å². The highest BCUT2D eigenvalue weighted by Gasteiger charge is 2.03. The van der Waals surface area contributed by atoms with Crippen molar-refractivity contribution in [2.75, 3.05) is 11.5 Å². The number of benzene rings is 4. The van der Waals surface area contributed by atoms with Crippen LogP contribution in [0.25, 0.3) is 10.8 Å². The van der Waals surface area contributed by atoms with Crippen LogP contribution in [-0.2, 0) is 0 Å². The van der Waals surface area contributed by atoms with Gasteiger partial charge in [-0.1, -0.05) is 18.2 Å². The van der Waals surface area contributed by atoms with E-state index in [1.165, 1.54) is 0 Å². The molecule has 0 aliphatic rings. The summed E-state index contributed by atoms with van der Waals surface area (Å²) in [5.74, 6) is 2.94. The maximum Gasteiger partial charge on any atom is 0.129 e. The first kappa shape index (κ1) is 15.8. The third-order valence-corrected chi connectivity index (χ3v) is 3.99. The largest absolute Gasteiger partial charge is 0.457 e. The molecule has 4 aromatic rings. The Morgan fingerprint density at radius 2 is 1.04 bits per heavy atom. The van der Waals surface area contributed by atoms with E-state index >= 15 is 0 Å². The average Bonchev–Trinajstić information content (AvgIpc) is 2.63. The van der Waals surface area contributed by atoms with Crippen molar-refractivity contribution in [2.45, 2.75) is 0 Å². The predicted octanol–water partition coefficient (Wildman–Crippen LogP) is 5.59. The molecule has 4 aromatic carbocycles. The molecule has 0 saturated heterocycles. The van der Waals surface area contributed by atoms with Crippen molar-refractivity contribution in [3.63, 3.8) is 0 Å². The quantitative estimate of drug-likeness (QED) is 0.474. The van der Waals surface area contributed by atoms with E-state index < -0.39 is 0 Å². The van der Waals surface area contributed by atoms with Gasteiger partial charge >= 0.3 is 0 Å². The minimum absolute atomic E-state index is 0.669. The van der Waals surface area contributed by atoms with Crippen molar-refractivity contribution in [2.24, 2.45) is 0 Å². The molecule has 0 spiro atoms. The number of hydrogen-bond acceptors (Lipinski definition) is 4. The van der Waals surface area contributed by atoms with Crippen molar-refractivity contribution in [3.8, 4) is 23.0 Å². The number of fused-ring (bicyclic) bond motifs is 1. The summed E-state index contributed by atoms with van der Waals surface area (Å²) in [6, 6.07) is 26.6. The second-order valence-corrected chi connectivity index (χ2v) is 6.02. The van der Waals surface area contributed by atoms with E-state index in [1.807, 2.05) is 78.9 Å². The van der Waals surface area contributed by atoms with Crippen LogP contribution in [0.1, 0.15) is 0 Å². The van der Waals surface area contributed by atoms with Crippen LogP contribution >= 0.6 is 0 Å².